The standard InChI is InChI=1S/C24H21N3O3/c1-16(2)30-19-14-12-17(13-15-19)25-23(28)22-20-10-6-7-11-21(20)24(29)27(26-22)18-8-4-3-5-9-18/h3-16H,1-2H3,(H,25,28). The maximum atomic E-state index is 13.1. The summed E-state index contributed by atoms with van der Waals surface area (Å²) in [6, 6.07) is 23.2. The highest BCUT2D eigenvalue weighted by molar-refractivity contribution is 6.11. The van der Waals surface area contributed by atoms with E-state index in [1.165, 1.54) is 4.68 Å². The molecule has 1 heterocycles. The molecule has 1 amide bonds. The molecule has 0 fully saturated rings. The van der Waals surface area contributed by atoms with E-state index in [9.17, 15) is 9.59 Å². The molecule has 4 aromatic rings. The van der Waals surface area contributed by atoms with Crippen molar-refractivity contribution in [1.29, 1.82) is 0 Å². The molecule has 1 aromatic heterocycles. The molecule has 0 aliphatic carbocycles. The summed E-state index contributed by atoms with van der Waals surface area (Å²) in [5, 5.41) is 8.19. The van der Waals surface area contributed by atoms with E-state index in [0.717, 1.165) is 5.75 Å². The fourth-order valence-electron chi connectivity index (χ4n) is 3.18. The number of anilines is 1. The first kappa shape index (κ1) is 19.4. The number of aromatic nitrogens is 2. The average molecular weight is 399 g/mol. The Hall–Kier alpha value is -3.93. The van der Waals surface area contributed by atoms with Crippen LogP contribution in [0.3, 0.4) is 0 Å². The quantitative estimate of drug-likeness (QED) is 0.539. The van der Waals surface area contributed by atoms with Crippen LogP contribution in [0.25, 0.3) is 16.5 Å². The Kier molecular flexibility index (Phi) is 5.30. The predicted molar refractivity (Wildman–Crippen MR) is 117 cm³/mol. The van der Waals surface area contributed by atoms with Crippen molar-refractivity contribution in [3.8, 4) is 11.4 Å². The summed E-state index contributed by atoms with van der Waals surface area (Å²) in [6.45, 7) is 3.91. The second-order valence-corrected chi connectivity index (χ2v) is 7.09. The summed E-state index contributed by atoms with van der Waals surface area (Å²) in [6.07, 6.45) is 0.0695. The van der Waals surface area contributed by atoms with E-state index in [1.54, 1.807) is 60.7 Å². The third-order valence-electron chi connectivity index (χ3n) is 4.50. The number of nitrogens with zero attached hydrogens (tertiary/aromatic N) is 2. The summed E-state index contributed by atoms with van der Waals surface area (Å²) in [4.78, 5) is 26.0. The van der Waals surface area contributed by atoms with Crippen molar-refractivity contribution in [2.75, 3.05) is 5.32 Å². The lowest BCUT2D eigenvalue weighted by molar-refractivity contribution is 0.102. The highest BCUT2D eigenvalue weighted by atomic mass is 16.5. The fourth-order valence-corrected chi connectivity index (χ4v) is 3.18. The van der Waals surface area contributed by atoms with Gasteiger partial charge in [-0.25, -0.2) is 0 Å². The molecule has 0 spiro atoms. The maximum Gasteiger partial charge on any atom is 0.279 e. The number of amides is 1. The minimum atomic E-state index is -0.395. The number of rotatable bonds is 5. The van der Waals surface area contributed by atoms with Gasteiger partial charge in [0, 0.05) is 11.1 Å². The van der Waals surface area contributed by atoms with Gasteiger partial charge < -0.3 is 10.1 Å². The third-order valence-corrected chi connectivity index (χ3v) is 4.50. The lowest BCUT2D eigenvalue weighted by Gasteiger charge is -2.12. The van der Waals surface area contributed by atoms with Crippen LogP contribution in [0, 0.1) is 0 Å². The Balaban J connectivity index is 1.73. The molecule has 1 N–H and O–H groups in total. The van der Waals surface area contributed by atoms with Gasteiger partial charge in [0.15, 0.2) is 5.69 Å². The van der Waals surface area contributed by atoms with Gasteiger partial charge in [0.2, 0.25) is 0 Å². The summed E-state index contributed by atoms with van der Waals surface area (Å²) in [7, 11) is 0. The molecule has 0 bridgehead atoms. The molecule has 6 heteroatoms. The first-order valence-corrected chi connectivity index (χ1v) is 9.68. The van der Waals surface area contributed by atoms with Crippen molar-refractivity contribution in [1.82, 2.24) is 9.78 Å². The Morgan fingerprint density at radius 2 is 1.53 bits per heavy atom. The Morgan fingerprint density at radius 1 is 0.900 bits per heavy atom. The van der Waals surface area contributed by atoms with Crippen LogP contribution in [0.2, 0.25) is 0 Å². The largest absolute Gasteiger partial charge is 0.491 e. The van der Waals surface area contributed by atoms with Crippen LogP contribution in [-0.4, -0.2) is 21.8 Å². The Bertz CT molecular complexity index is 1250. The van der Waals surface area contributed by atoms with E-state index in [-0.39, 0.29) is 17.4 Å². The molecule has 150 valence electrons. The minimum absolute atomic E-state index is 0.0695. The second kappa shape index (κ2) is 8.21. The normalized spacial score (nSPS) is 10.9. The van der Waals surface area contributed by atoms with E-state index in [4.69, 9.17) is 4.74 Å². The molecule has 4 rings (SSSR count). The zero-order chi connectivity index (χ0) is 21.1. The van der Waals surface area contributed by atoms with E-state index < -0.39 is 5.91 Å². The van der Waals surface area contributed by atoms with Gasteiger partial charge in [-0.1, -0.05) is 36.4 Å². The van der Waals surface area contributed by atoms with Crippen molar-refractivity contribution < 1.29 is 9.53 Å². The smallest absolute Gasteiger partial charge is 0.279 e. The van der Waals surface area contributed by atoms with Crippen molar-refractivity contribution in [3.05, 3.63) is 94.9 Å². The predicted octanol–water partition coefficient (Wildman–Crippen LogP) is 4.43. The number of hydrogen-bond donors (Lipinski definition) is 1. The number of carbonyl (C=O) groups excluding carboxylic acids is 1. The van der Waals surface area contributed by atoms with E-state index in [2.05, 4.69) is 10.4 Å². The van der Waals surface area contributed by atoms with Gasteiger partial charge in [0.1, 0.15) is 5.75 Å². The lowest BCUT2D eigenvalue weighted by Crippen LogP contribution is -2.26. The zero-order valence-corrected chi connectivity index (χ0v) is 16.7. The monoisotopic (exact) mass is 399 g/mol. The number of ether oxygens (including phenoxy) is 1. The van der Waals surface area contributed by atoms with Gasteiger partial charge in [-0.05, 0) is 56.3 Å². The average Bonchev–Trinajstić information content (AvgIpc) is 2.76. The molecule has 0 radical (unpaired) electrons. The molecule has 0 aliphatic heterocycles. The molecule has 0 saturated heterocycles. The van der Waals surface area contributed by atoms with Crippen molar-refractivity contribution >= 4 is 22.4 Å². The summed E-state index contributed by atoms with van der Waals surface area (Å²) >= 11 is 0. The molecule has 0 unspecified atom stereocenters. The van der Waals surface area contributed by atoms with Crippen molar-refractivity contribution in [2.45, 2.75) is 20.0 Å². The first-order valence-electron chi connectivity index (χ1n) is 9.68. The summed E-state index contributed by atoms with van der Waals surface area (Å²) in [5.74, 6) is 0.331. The van der Waals surface area contributed by atoms with Crippen LogP contribution < -0.4 is 15.6 Å². The number of benzene rings is 3. The van der Waals surface area contributed by atoms with Crippen LogP contribution >= 0.6 is 0 Å². The third kappa shape index (κ3) is 3.93. The first-order chi connectivity index (χ1) is 14.5. The fraction of sp³-hybridized carbons (Fsp3) is 0.125. The number of nitrogens with one attached hydrogen (secondary N) is 1. The van der Waals surface area contributed by atoms with Gasteiger partial charge in [0.05, 0.1) is 17.2 Å². The molecular formula is C24H21N3O3. The summed E-state index contributed by atoms with van der Waals surface area (Å²) in [5.41, 5.74) is 1.11. The molecule has 3 aromatic carbocycles. The van der Waals surface area contributed by atoms with Crippen LogP contribution in [0.1, 0.15) is 24.3 Å². The van der Waals surface area contributed by atoms with Crippen LogP contribution in [0.15, 0.2) is 83.7 Å². The van der Waals surface area contributed by atoms with Gasteiger partial charge in [-0.2, -0.15) is 9.78 Å². The highest BCUT2D eigenvalue weighted by Gasteiger charge is 2.17. The van der Waals surface area contributed by atoms with Crippen LogP contribution in [-0.2, 0) is 0 Å². The highest BCUT2D eigenvalue weighted by Crippen LogP contribution is 2.20. The topological polar surface area (TPSA) is 73.2 Å². The second-order valence-electron chi connectivity index (χ2n) is 7.09. The number of hydrogen-bond acceptors (Lipinski definition) is 4. The lowest BCUT2D eigenvalue weighted by atomic mass is 10.1. The number of carbonyl (C=O) groups is 1. The van der Waals surface area contributed by atoms with Crippen LogP contribution in [0.5, 0.6) is 5.75 Å². The Morgan fingerprint density at radius 3 is 2.20 bits per heavy atom. The van der Waals surface area contributed by atoms with Crippen molar-refractivity contribution in [3.63, 3.8) is 0 Å². The maximum absolute atomic E-state index is 13.1. The van der Waals surface area contributed by atoms with Gasteiger partial charge >= 0.3 is 0 Å². The molecule has 30 heavy (non-hydrogen) atoms. The van der Waals surface area contributed by atoms with Crippen molar-refractivity contribution in [2.24, 2.45) is 0 Å². The van der Waals surface area contributed by atoms with Crippen LogP contribution in [0.4, 0.5) is 5.69 Å². The minimum Gasteiger partial charge on any atom is -0.491 e. The SMILES string of the molecule is CC(C)Oc1ccc(NC(=O)c2nn(-c3ccccc3)c(=O)c3ccccc23)cc1. The molecule has 0 saturated carbocycles. The van der Waals surface area contributed by atoms with E-state index >= 15 is 0 Å². The molecule has 6 nitrogen and oxygen atoms in total. The van der Waals surface area contributed by atoms with Gasteiger partial charge in [0.25, 0.3) is 11.5 Å². The molecular weight excluding hydrogens is 378 g/mol. The summed E-state index contributed by atoms with van der Waals surface area (Å²) < 4.78 is 6.89. The number of para-hydroxylation sites is 1. The van der Waals surface area contributed by atoms with Gasteiger partial charge in [-0.3, -0.25) is 9.59 Å². The number of fused-ring (bicyclic) bond motifs is 1. The Labute approximate surface area is 173 Å². The van der Waals surface area contributed by atoms with E-state index in [1.807, 2.05) is 32.0 Å². The molecule has 0 aliphatic rings. The zero-order valence-electron chi connectivity index (χ0n) is 16.7. The van der Waals surface area contributed by atoms with E-state index in [0.29, 0.717) is 22.1 Å². The molecule has 0 atom stereocenters. The van der Waals surface area contributed by atoms with Gasteiger partial charge in [-0.15, -0.1) is 0 Å².